The van der Waals surface area contributed by atoms with Gasteiger partial charge in [0.2, 0.25) is 0 Å². The fourth-order valence-electron chi connectivity index (χ4n) is 11.5. The molecule has 12 heteroatoms. The lowest BCUT2D eigenvalue weighted by Crippen LogP contribution is -2.38. The van der Waals surface area contributed by atoms with Crippen LogP contribution < -0.4 is 13.7 Å². The molecule has 1 aliphatic carbocycles. The number of benzene rings is 2. The molecule has 1 saturated heterocycles. The largest absolute Gasteiger partial charge is 0.497 e. The van der Waals surface area contributed by atoms with E-state index >= 15 is 0 Å². The van der Waals surface area contributed by atoms with Crippen molar-refractivity contribution >= 4 is 6.29 Å². The zero-order valence-electron chi connectivity index (χ0n) is 43.8. The Hall–Kier alpha value is -5.44. The van der Waals surface area contributed by atoms with Gasteiger partial charge in [-0.05, 0) is 134 Å². The van der Waals surface area contributed by atoms with Gasteiger partial charge in [-0.15, -0.1) is 0 Å². The molecule has 390 valence electrons. The summed E-state index contributed by atoms with van der Waals surface area (Å²) < 4.78 is 25.1. The number of methoxy groups -OCH3 is 1. The van der Waals surface area contributed by atoms with Gasteiger partial charge in [-0.1, -0.05) is 61.5 Å². The number of rotatable bonds is 24. The van der Waals surface area contributed by atoms with E-state index in [2.05, 4.69) is 149 Å². The second-order valence-corrected chi connectivity index (χ2v) is 21.1. The molecule has 0 amide bonds. The molecule has 4 heterocycles. The van der Waals surface area contributed by atoms with Gasteiger partial charge in [0.15, 0.2) is 43.5 Å². The van der Waals surface area contributed by atoms with Crippen LogP contribution in [0.3, 0.4) is 0 Å². The van der Waals surface area contributed by atoms with Crippen LogP contribution in [0.4, 0.5) is 0 Å². The molecule has 14 unspecified atom stereocenters. The van der Waals surface area contributed by atoms with Crippen molar-refractivity contribution < 1.29 is 58.2 Å². The highest BCUT2D eigenvalue weighted by molar-refractivity contribution is 5.74. The molecule has 1 fully saturated rings. The first kappa shape index (κ1) is 55.3. The summed E-state index contributed by atoms with van der Waals surface area (Å²) in [5, 5.41) is 52.4. The van der Waals surface area contributed by atoms with E-state index in [0.717, 1.165) is 35.2 Å². The van der Waals surface area contributed by atoms with Crippen LogP contribution in [0.25, 0.3) is 0 Å². The SMILES string of the molecule is COC1=CCC(C(C(C)c2cc[n+](C)cc2)C(c2ccc(C=O)cc2)C(c2cc[n+](C)cc2)C(Cc2ccc(C3OC(CC(O)CC(C)O)CC(CC(O)CC(O)CC(C)O)O3)cc2)c2cc[n+](C)cc2)C=C1. The van der Waals surface area contributed by atoms with Crippen molar-refractivity contribution in [2.75, 3.05) is 7.11 Å². The molecular weight excluding hydrogens is 919 g/mol. The average molecular weight is 999 g/mol. The Morgan fingerprint density at radius 3 is 1.64 bits per heavy atom. The van der Waals surface area contributed by atoms with Gasteiger partial charge in [-0.2, -0.15) is 0 Å². The molecule has 0 saturated carbocycles. The van der Waals surface area contributed by atoms with E-state index in [4.69, 9.17) is 14.2 Å². The van der Waals surface area contributed by atoms with Crippen LogP contribution in [0.15, 0.2) is 146 Å². The average Bonchev–Trinajstić information content (AvgIpc) is 3.36. The fraction of sp³-hybridized carbons (Fsp3) is 0.475. The smallest absolute Gasteiger partial charge is 0.184 e. The number of aldehydes is 1. The van der Waals surface area contributed by atoms with Crippen LogP contribution in [-0.4, -0.2) is 81.7 Å². The predicted molar refractivity (Wildman–Crippen MR) is 279 cm³/mol. The molecule has 0 radical (unpaired) electrons. The van der Waals surface area contributed by atoms with Crippen LogP contribution in [-0.2, 0) is 41.8 Å². The van der Waals surface area contributed by atoms with E-state index < -0.39 is 49.0 Å². The minimum Gasteiger partial charge on any atom is -0.497 e. The van der Waals surface area contributed by atoms with Crippen molar-refractivity contribution in [2.24, 2.45) is 33.0 Å². The normalized spacial score (nSPS) is 22.2. The molecular formula is C61H80N3O9+3. The van der Waals surface area contributed by atoms with Gasteiger partial charge in [0.25, 0.3) is 0 Å². The maximum absolute atomic E-state index is 12.2. The Morgan fingerprint density at radius 1 is 0.630 bits per heavy atom. The third-order valence-electron chi connectivity index (χ3n) is 15.2. The van der Waals surface area contributed by atoms with Gasteiger partial charge in [-0.25, -0.2) is 13.7 Å². The lowest BCUT2D eigenvalue weighted by atomic mass is 9.59. The summed E-state index contributed by atoms with van der Waals surface area (Å²) in [6.45, 7) is 5.64. The van der Waals surface area contributed by atoms with Gasteiger partial charge >= 0.3 is 0 Å². The number of aliphatic hydroxyl groups excluding tert-OH is 5. The fourth-order valence-corrected chi connectivity index (χ4v) is 11.5. The molecule has 5 aromatic rings. The second-order valence-electron chi connectivity index (χ2n) is 21.1. The maximum atomic E-state index is 12.2. The van der Waals surface area contributed by atoms with Gasteiger partial charge in [-0.3, -0.25) is 4.79 Å². The van der Waals surface area contributed by atoms with Gasteiger partial charge in [0, 0.05) is 53.9 Å². The maximum Gasteiger partial charge on any atom is 0.184 e. The van der Waals surface area contributed by atoms with E-state index in [1.165, 1.54) is 16.7 Å². The second kappa shape index (κ2) is 26.2. The van der Waals surface area contributed by atoms with Crippen LogP contribution in [0, 0.1) is 11.8 Å². The van der Waals surface area contributed by atoms with E-state index in [9.17, 15) is 30.3 Å². The third kappa shape index (κ3) is 15.3. The minimum atomic E-state index is -0.876. The zero-order chi connectivity index (χ0) is 52.2. The molecule has 0 spiro atoms. The number of aromatic nitrogens is 3. The summed E-state index contributed by atoms with van der Waals surface area (Å²) in [6.07, 6.45) is 17.8. The number of nitrogens with zero attached hydrogens (tertiary/aromatic N) is 3. The summed E-state index contributed by atoms with van der Waals surface area (Å²) in [6, 6.07) is 30.2. The first-order chi connectivity index (χ1) is 35.1. The van der Waals surface area contributed by atoms with Gasteiger partial charge < -0.3 is 39.7 Å². The molecule has 0 bridgehead atoms. The zero-order valence-corrected chi connectivity index (χ0v) is 43.8. The number of hydrogen-bond donors (Lipinski definition) is 5. The number of aliphatic hydroxyl groups is 5. The Labute approximate surface area is 432 Å². The number of carbonyl (C=O) groups excluding carboxylic acids is 1. The van der Waals surface area contributed by atoms with E-state index in [1.54, 1.807) is 21.0 Å². The number of pyridine rings is 3. The Bertz CT molecular complexity index is 2530. The van der Waals surface area contributed by atoms with Crippen molar-refractivity contribution in [1.29, 1.82) is 0 Å². The molecule has 3 aromatic heterocycles. The lowest BCUT2D eigenvalue weighted by molar-refractivity contribution is -0.671. The minimum absolute atomic E-state index is 0.0478. The van der Waals surface area contributed by atoms with Crippen LogP contribution in [0.2, 0.25) is 0 Å². The van der Waals surface area contributed by atoms with Crippen molar-refractivity contribution in [3.8, 4) is 0 Å². The van der Waals surface area contributed by atoms with Crippen molar-refractivity contribution in [3.05, 3.63) is 185 Å². The summed E-state index contributed by atoms with van der Waals surface area (Å²) in [4.78, 5) is 12.2. The van der Waals surface area contributed by atoms with Crippen LogP contribution in [0.1, 0.15) is 139 Å². The number of carbonyl (C=O) groups is 1. The molecule has 73 heavy (non-hydrogen) atoms. The van der Waals surface area contributed by atoms with Crippen molar-refractivity contribution in [2.45, 2.75) is 145 Å². The number of ether oxygens (including phenoxy) is 3. The summed E-state index contributed by atoms with van der Waals surface area (Å²) in [5.41, 5.74) is 7.37. The summed E-state index contributed by atoms with van der Waals surface area (Å²) in [7, 11) is 7.85. The highest BCUT2D eigenvalue weighted by atomic mass is 16.7. The predicted octanol–water partition coefficient (Wildman–Crippen LogP) is 7.36. The molecule has 7 rings (SSSR count). The third-order valence-corrected chi connectivity index (χ3v) is 15.2. The molecule has 14 atom stereocenters. The molecule has 2 aliphatic rings. The number of aryl methyl sites for hydroxylation is 3. The topological polar surface area (TPSA) is 158 Å². The van der Waals surface area contributed by atoms with E-state index in [0.29, 0.717) is 18.4 Å². The molecule has 5 N–H and O–H groups in total. The Morgan fingerprint density at radius 2 is 1.14 bits per heavy atom. The van der Waals surface area contributed by atoms with E-state index in [-0.39, 0.29) is 67.6 Å². The molecule has 2 aromatic carbocycles. The Balaban J connectivity index is 1.31. The number of hydrogen-bond acceptors (Lipinski definition) is 9. The number of allylic oxidation sites excluding steroid dienone is 3. The van der Waals surface area contributed by atoms with E-state index in [1.807, 2.05) is 33.3 Å². The quantitative estimate of drug-likeness (QED) is 0.0315. The van der Waals surface area contributed by atoms with Crippen molar-refractivity contribution in [1.82, 2.24) is 0 Å². The molecule has 1 aliphatic heterocycles. The monoisotopic (exact) mass is 999 g/mol. The van der Waals surface area contributed by atoms with Crippen LogP contribution >= 0.6 is 0 Å². The first-order valence-electron chi connectivity index (χ1n) is 26.2. The molecule has 12 nitrogen and oxygen atoms in total. The summed E-state index contributed by atoms with van der Waals surface area (Å²) in [5.74, 6) is 0.992. The first-order valence-corrected chi connectivity index (χ1v) is 26.2. The van der Waals surface area contributed by atoms with Crippen molar-refractivity contribution in [3.63, 3.8) is 0 Å². The lowest BCUT2D eigenvalue weighted by Gasteiger charge is -2.44. The highest BCUT2D eigenvalue weighted by Gasteiger charge is 2.44. The van der Waals surface area contributed by atoms with Gasteiger partial charge in [0.05, 0.1) is 49.8 Å². The highest BCUT2D eigenvalue weighted by Crippen LogP contribution is 2.55. The summed E-state index contributed by atoms with van der Waals surface area (Å²) >= 11 is 0. The Kier molecular flexibility index (Phi) is 19.8. The van der Waals surface area contributed by atoms with Gasteiger partial charge in [0.1, 0.15) is 33.2 Å². The standard InChI is InChI=1S/C61H80N3O9/c1-40(66)32-51(68)35-53(70)37-56-38-55(36-52(69)33-41(2)67)72-61(73-56)50-14-8-43(9-15-50)34-57(46-22-28-63(5)29-23-46)59(49-24-30-64(6)31-25-49)60(48-12-10-44(39-65)11-13-48)58(47-16-18-54(71-7)19-17-47)42(3)45-20-26-62(4)27-21-45/h8-16,18-31,39-42,47,51-53,55-61,66-70H,17,32-38H2,1-7H3/q+3. The van der Waals surface area contributed by atoms with Crippen LogP contribution in [0.5, 0.6) is 0 Å².